The van der Waals surface area contributed by atoms with Crippen molar-refractivity contribution in [2.45, 2.75) is 167 Å². The molecule has 2 unspecified atom stereocenters. The molecule has 2 aromatic heterocycles. The van der Waals surface area contributed by atoms with E-state index in [4.69, 9.17) is 40.6 Å². The largest absolute Gasteiger partial charge is 0.472 e. The molecule has 0 spiro atoms. The molecule has 3 rings (SSSR count). The van der Waals surface area contributed by atoms with Crippen LogP contribution in [-0.2, 0) is 27.8 Å². The highest BCUT2D eigenvalue weighted by Gasteiger charge is 2.46. The maximum absolute atomic E-state index is 15.1. The number of halogens is 2. The molecule has 0 aromatic carbocycles. The number of rotatable bonds is 29. The van der Waals surface area contributed by atoms with Gasteiger partial charge in [0.1, 0.15) is 17.7 Å². The highest BCUT2D eigenvalue weighted by atomic mass is 35.5. The maximum atomic E-state index is 15.1. The summed E-state index contributed by atoms with van der Waals surface area (Å²) in [4.78, 5) is 22.2. The molecule has 1 fully saturated rings. The molecule has 0 amide bonds. The van der Waals surface area contributed by atoms with Gasteiger partial charge in [0.15, 0.2) is 23.9 Å². The second kappa shape index (κ2) is 24.0. The third kappa shape index (κ3) is 15.4. The van der Waals surface area contributed by atoms with Crippen LogP contribution in [0.4, 0.5) is 10.2 Å². The Kier molecular flexibility index (Phi) is 20.7. The summed E-state index contributed by atoms with van der Waals surface area (Å²) in [5, 5.41) is 10.3. The van der Waals surface area contributed by atoms with Crippen molar-refractivity contribution in [1.29, 1.82) is 0 Å². The summed E-state index contributed by atoms with van der Waals surface area (Å²) in [6.07, 6.45) is 14.6. The molecule has 0 saturated carbocycles. The van der Waals surface area contributed by atoms with Gasteiger partial charge in [-0.15, -0.1) is 0 Å². The zero-order valence-corrected chi connectivity index (χ0v) is 32.5. The Bertz CT molecular complexity index is 1300. The number of anilines is 1. The molecule has 51 heavy (non-hydrogen) atoms. The van der Waals surface area contributed by atoms with Crippen molar-refractivity contribution >= 4 is 36.4 Å². The normalized spacial score (nSPS) is 21.7. The van der Waals surface area contributed by atoms with Gasteiger partial charge in [-0.2, -0.15) is 9.97 Å². The van der Waals surface area contributed by atoms with Crippen molar-refractivity contribution < 1.29 is 42.2 Å². The number of imidazole rings is 1. The van der Waals surface area contributed by atoms with E-state index in [1.165, 1.54) is 87.9 Å². The van der Waals surface area contributed by atoms with E-state index < -0.39 is 39.0 Å². The van der Waals surface area contributed by atoms with Gasteiger partial charge in [-0.1, -0.05) is 104 Å². The average Bonchev–Trinajstić information content (AvgIpc) is 3.64. The minimum absolute atomic E-state index is 0.00182. The number of aliphatic hydroxyl groups is 1. The number of alkyl halides is 1. The standard InChI is InChI=1S/C35H62ClFN5O8P/c1-4-6-8-10-12-14-16-18-21-46-26(3)27(20-17-15-13-11-9-7-5-2)47-22-19-23-48-51(44,45)49-24-28-31(43)29(37)34(50-28)42-25-39-30-32(38)40-35(36)41-33(30)42/h25-29,31,34,43H,4-24H2,1-3H3,(H,44,45)(H2,38,40,41)/t26-,27?,28-,29+,31-,34-/m1/s1. The Hall–Kier alpha value is -1.48. The van der Waals surface area contributed by atoms with Gasteiger partial charge in [0, 0.05) is 13.2 Å². The van der Waals surface area contributed by atoms with Crippen LogP contribution in [0.2, 0.25) is 5.28 Å². The Morgan fingerprint density at radius 2 is 1.53 bits per heavy atom. The van der Waals surface area contributed by atoms with Crippen LogP contribution in [0.25, 0.3) is 11.2 Å². The van der Waals surface area contributed by atoms with Gasteiger partial charge < -0.3 is 29.9 Å². The number of ether oxygens (including phenoxy) is 3. The van der Waals surface area contributed by atoms with Gasteiger partial charge in [-0.05, 0) is 37.8 Å². The lowest BCUT2D eigenvalue weighted by Crippen LogP contribution is -2.31. The summed E-state index contributed by atoms with van der Waals surface area (Å²) in [7, 11) is -4.54. The minimum Gasteiger partial charge on any atom is -0.387 e. The number of aromatic nitrogens is 4. The SMILES string of the molecule is CCCCCCCCCCO[C@H](C)C(CCCCCCCCC)OCCCOP(=O)(O)OC[C@H]1O[C@@H](n2cnc3c(N)nc(Cl)nc32)[C@@H](F)[C@@H]1O. The summed E-state index contributed by atoms with van der Waals surface area (Å²) in [5.41, 5.74) is 6.12. The van der Waals surface area contributed by atoms with Crippen LogP contribution in [0.1, 0.15) is 136 Å². The Morgan fingerprint density at radius 3 is 2.20 bits per heavy atom. The Balaban J connectivity index is 1.39. The number of hydrogen-bond donors (Lipinski definition) is 3. The molecule has 1 aliphatic rings. The van der Waals surface area contributed by atoms with Gasteiger partial charge in [0.2, 0.25) is 5.28 Å². The molecule has 294 valence electrons. The van der Waals surface area contributed by atoms with Gasteiger partial charge in [0.25, 0.3) is 0 Å². The molecule has 3 heterocycles. The second-order valence-corrected chi connectivity index (χ2v) is 15.3. The average molecular weight is 766 g/mol. The molecular formula is C35H62ClFN5O8P. The summed E-state index contributed by atoms with van der Waals surface area (Å²) in [6.45, 7) is 6.85. The summed E-state index contributed by atoms with van der Waals surface area (Å²) in [6, 6.07) is 0. The van der Waals surface area contributed by atoms with Gasteiger partial charge >= 0.3 is 7.82 Å². The maximum Gasteiger partial charge on any atom is 0.472 e. The molecule has 0 aliphatic carbocycles. The molecule has 13 nitrogen and oxygen atoms in total. The fourth-order valence-electron chi connectivity index (χ4n) is 6.21. The van der Waals surface area contributed by atoms with Crippen LogP contribution in [0.5, 0.6) is 0 Å². The molecule has 1 saturated heterocycles. The minimum atomic E-state index is -4.54. The quantitative estimate of drug-likeness (QED) is 0.0412. The van der Waals surface area contributed by atoms with Crippen molar-refractivity contribution in [3.05, 3.63) is 11.6 Å². The van der Waals surface area contributed by atoms with E-state index in [1.54, 1.807) is 0 Å². The monoisotopic (exact) mass is 765 g/mol. The van der Waals surface area contributed by atoms with Crippen LogP contribution >= 0.6 is 19.4 Å². The van der Waals surface area contributed by atoms with E-state index in [2.05, 4.69) is 35.7 Å². The van der Waals surface area contributed by atoms with E-state index in [1.807, 2.05) is 0 Å². The van der Waals surface area contributed by atoms with E-state index in [-0.39, 0.29) is 41.1 Å². The first-order valence-corrected chi connectivity index (χ1v) is 20.9. The summed E-state index contributed by atoms with van der Waals surface area (Å²) in [5.74, 6) is 0.00182. The fraction of sp³-hybridized carbons (Fsp3) is 0.857. The predicted octanol–water partition coefficient (Wildman–Crippen LogP) is 8.25. The molecule has 7 atom stereocenters. The molecule has 4 N–H and O–H groups in total. The van der Waals surface area contributed by atoms with Crippen molar-refractivity contribution in [3.8, 4) is 0 Å². The van der Waals surface area contributed by atoms with Crippen LogP contribution in [0.15, 0.2) is 6.33 Å². The number of fused-ring (bicyclic) bond motifs is 1. The first-order chi connectivity index (χ1) is 24.6. The first-order valence-electron chi connectivity index (χ1n) is 19.1. The van der Waals surface area contributed by atoms with Crippen molar-refractivity contribution in [2.24, 2.45) is 0 Å². The molecular weight excluding hydrogens is 704 g/mol. The molecule has 0 radical (unpaired) electrons. The fourth-order valence-corrected chi connectivity index (χ4v) is 7.15. The number of phosphoric ester groups is 1. The molecule has 0 bridgehead atoms. The first kappa shape index (κ1) is 43.9. The van der Waals surface area contributed by atoms with E-state index >= 15 is 4.39 Å². The number of unbranched alkanes of at least 4 members (excludes halogenated alkanes) is 13. The van der Waals surface area contributed by atoms with E-state index in [0.717, 1.165) is 25.7 Å². The highest BCUT2D eigenvalue weighted by Crippen LogP contribution is 2.45. The summed E-state index contributed by atoms with van der Waals surface area (Å²) < 4.78 is 57.2. The number of hydrogen-bond acceptors (Lipinski definition) is 11. The van der Waals surface area contributed by atoms with Gasteiger partial charge in [-0.25, -0.2) is 13.9 Å². The lowest BCUT2D eigenvalue weighted by molar-refractivity contribution is -0.0722. The summed E-state index contributed by atoms with van der Waals surface area (Å²) >= 11 is 5.90. The number of nitrogens with two attached hydrogens (primary N) is 1. The number of nitrogen functional groups attached to an aromatic ring is 1. The topological polar surface area (TPSA) is 173 Å². The lowest BCUT2D eigenvalue weighted by Gasteiger charge is -2.25. The van der Waals surface area contributed by atoms with Crippen LogP contribution in [-0.4, -0.2) is 86.5 Å². The zero-order chi connectivity index (χ0) is 37.1. The number of phosphoric acid groups is 1. The van der Waals surface area contributed by atoms with E-state index in [0.29, 0.717) is 19.6 Å². The van der Waals surface area contributed by atoms with Crippen LogP contribution in [0, 0.1) is 0 Å². The number of nitrogens with zero attached hydrogens (tertiary/aromatic N) is 4. The molecule has 2 aromatic rings. The smallest absolute Gasteiger partial charge is 0.387 e. The zero-order valence-electron chi connectivity index (χ0n) is 30.8. The third-order valence-corrected chi connectivity index (χ3v) is 10.4. The van der Waals surface area contributed by atoms with Crippen molar-refractivity contribution in [3.63, 3.8) is 0 Å². The van der Waals surface area contributed by atoms with Crippen LogP contribution < -0.4 is 5.73 Å². The van der Waals surface area contributed by atoms with Gasteiger partial charge in [0.05, 0.1) is 31.7 Å². The van der Waals surface area contributed by atoms with Crippen LogP contribution in [0.3, 0.4) is 0 Å². The third-order valence-electron chi connectivity index (χ3n) is 9.26. The Labute approximate surface area is 308 Å². The molecule has 1 aliphatic heterocycles. The highest BCUT2D eigenvalue weighted by molar-refractivity contribution is 7.47. The second-order valence-electron chi connectivity index (χ2n) is 13.5. The predicted molar refractivity (Wildman–Crippen MR) is 196 cm³/mol. The number of aliphatic hydroxyl groups excluding tert-OH is 1. The Morgan fingerprint density at radius 1 is 0.922 bits per heavy atom. The van der Waals surface area contributed by atoms with Crippen molar-refractivity contribution in [2.75, 3.05) is 32.2 Å². The lowest BCUT2D eigenvalue weighted by atomic mass is 10.0. The molecule has 16 heteroatoms. The van der Waals surface area contributed by atoms with Crippen molar-refractivity contribution in [1.82, 2.24) is 19.5 Å². The van der Waals surface area contributed by atoms with E-state index in [9.17, 15) is 14.6 Å². The van der Waals surface area contributed by atoms with Gasteiger partial charge in [-0.3, -0.25) is 13.6 Å².